The van der Waals surface area contributed by atoms with E-state index >= 15 is 0 Å². The number of nitrogens with zero attached hydrogens (tertiary/aromatic N) is 1. The number of benzene rings is 2. The van der Waals surface area contributed by atoms with Gasteiger partial charge in [-0.15, -0.1) is 0 Å². The molecule has 136 valence electrons. The first-order valence-corrected chi connectivity index (χ1v) is 10.2. The van der Waals surface area contributed by atoms with Crippen LogP contribution in [0, 0.1) is 20.8 Å². The fourth-order valence-electron chi connectivity index (χ4n) is 5.30. The van der Waals surface area contributed by atoms with E-state index in [1.165, 1.54) is 65.6 Å². The second-order valence-electron chi connectivity index (χ2n) is 8.47. The highest BCUT2D eigenvalue weighted by atomic mass is 15.2. The number of hydrogen-bond acceptors (Lipinski definition) is 1. The van der Waals surface area contributed by atoms with Gasteiger partial charge in [0.05, 0.1) is 11.6 Å². The monoisotopic (exact) mass is 345 g/mol. The number of aryl methyl sites for hydroxylation is 3. The van der Waals surface area contributed by atoms with Crippen LogP contribution in [-0.4, -0.2) is 11.6 Å². The maximum atomic E-state index is 2.74. The van der Waals surface area contributed by atoms with Crippen molar-refractivity contribution in [3.8, 4) is 0 Å². The molecule has 1 aliphatic carbocycles. The Balaban J connectivity index is 1.84. The minimum Gasteiger partial charge on any atom is -0.355 e. The number of rotatable bonds is 2. The molecule has 2 aliphatic rings. The van der Waals surface area contributed by atoms with Gasteiger partial charge in [0.1, 0.15) is 0 Å². The second-order valence-corrected chi connectivity index (χ2v) is 8.47. The summed E-state index contributed by atoms with van der Waals surface area (Å²) in [6.45, 7) is 9.09. The van der Waals surface area contributed by atoms with Gasteiger partial charge in [-0.3, -0.25) is 0 Å². The van der Waals surface area contributed by atoms with Crippen molar-refractivity contribution in [1.82, 2.24) is 0 Å². The molecule has 2 aromatic carbocycles. The zero-order chi connectivity index (χ0) is 18.3. The Hall–Kier alpha value is -2.02. The molecule has 1 fully saturated rings. The fraction of sp³-hybridized carbons (Fsp3) is 0.440. The third kappa shape index (κ3) is 2.88. The van der Waals surface area contributed by atoms with Crippen LogP contribution >= 0.6 is 0 Å². The molecule has 0 aromatic heterocycles. The first-order valence-electron chi connectivity index (χ1n) is 10.2. The van der Waals surface area contributed by atoms with Crippen LogP contribution in [-0.2, 0) is 0 Å². The van der Waals surface area contributed by atoms with E-state index in [-0.39, 0.29) is 5.54 Å². The van der Waals surface area contributed by atoms with Crippen LogP contribution in [0.3, 0.4) is 0 Å². The minimum absolute atomic E-state index is 0.191. The van der Waals surface area contributed by atoms with Crippen molar-refractivity contribution in [1.29, 1.82) is 0 Å². The Kier molecular flexibility index (Phi) is 4.42. The van der Waals surface area contributed by atoms with E-state index < -0.39 is 0 Å². The molecule has 0 N–H and O–H groups in total. The summed E-state index contributed by atoms with van der Waals surface area (Å²) in [6.07, 6.45) is 9.25. The third-order valence-corrected chi connectivity index (χ3v) is 6.39. The third-order valence-electron chi connectivity index (χ3n) is 6.39. The lowest BCUT2D eigenvalue weighted by molar-refractivity contribution is 0.339. The van der Waals surface area contributed by atoms with Gasteiger partial charge in [-0.05, 0) is 63.3 Å². The summed E-state index contributed by atoms with van der Waals surface area (Å²) >= 11 is 0. The molecule has 26 heavy (non-hydrogen) atoms. The van der Waals surface area contributed by atoms with Crippen LogP contribution in [0.4, 0.5) is 5.69 Å². The molecule has 1 aliphatic heterocycles. The first kappa shape index (κ1) is 17.4. The molecule has 1 nitrogen and oxygen atoms in total. The zero-order valence-corrected chi connectivity index (χ0v) is 16.7. The molecule has 1 heteroatoms. The SMILES string of the molecule is Cc1cc(C)cc(C2=CC3(CCCCC3)N(c3ccccc3C)C2C)c1. The standard InChI is InChI=1S/C25H31N/c1-18-14-19(2)16-22(15-18)23-17-25(12-8-5-9-13-25)26(21(23)4)24-11-7-6-10-20(24)3/h6-7,10-11,14-17,21H,5,8-9,12-13H2,1-4H3. The Morgan fingerprint density at radius 3 is 2.19 bits per heavy atom. The van der Waals surface area contributed by atoms with Gasteiger partial charge in [0, 0.05) is 5.69 Å². The van der Waals surface area contributed by atoms with Crippen molar-refractivity contribution < 1.29 is 0 Å². The number of para-hydroxylation sites is 1. The average Bonchev–Trinajstić information content (AvgIpc) is 2.87. The van der Waals surface area contributed by atoms with Gasteiger partial charge in [-0.2, -0.15) is 0 Å². The molecule has 0 radical (unpaired) electrons. The lowest BCUT2D eigenvalue weighted by atomic mass is 9.80. The maximum absolute atomic E-state index is 2.74. The van der Waals surface area contributed by atoms with Crippen molar-refractivity contribution in [3.05, 3.63) is 70.8 Å². The minimum atomic E-state index is 0.191. The Bertz CT molecular complexity index is 819. The van der Waals surface area contributed by atoms with Crippen molar-refractivity contribution in [2.75, 3.05) is 4.90 Å². The van der Waals surface area contributed by atoms with E-state index in [0.717, 1.165) is 0 Å². The van der Waals surface area contributed by atoms with Crippen molar-refractivity contribution in [2.24, 2.45) is 0 Å². The normalized spacial score (nSPS) is 21.9. The lowest BCUT2D eigenvalue weighted by Gasteiger charge is -2.45. The second kappa shape index (κ2) is 6.61. The molecule has 1 atom stereocenters. The van der Waals surface area contributed by atoms with E-state index in [1.54, 1.807) is 0 Å². The molecule has 4 rings (SSSR count). The smallest absolute Gasteiger partial charge is 0.0597 e. The van der Waals surface area contributed by atoms with Crippen molar-refractivity contribution >= 4 is 11.3 Å². The quantitative estimate of drug-likeness (QED) is 0.592. The Morgan fingerprint density at radius 2 is 1.54 bits per heavy atom. The van der Waals surface area contributed by atoms with E-state index in [2.05, 4.69) is 81.1 Å². The van der Waals surface area contributed by atoms with Gasteiger partial charge in [-0.1, -0.05) is 72.9 Å². The molecular formula is C25H31N. The summed E-state index contributed by atoms with van der Waals surface area (Å²) in [7, 11) is 0. The largest absolute Gasteiger partial charge is 0.355 e. The highest BCUT2D eigenvalue weighted by Crippen LogP contribution is 2.48. The van der Waals surface area contributed by atoms with Gasteiger partial charge in [0.25, 0.3) is 0 Å². The maximum Gasteiger partial charge on any atom is 0.0597 e. The topological polar surface area (TPSA) is 3.24 Å². The van der Waals surface area contributed by atoms with Gasteiger partial charge < -0.3 is 4.90 Å². The lowest BCUT2D eigenvalue weighted by Crippen LogP contribution is -2.49. The highest BCUT2D eigenvalue weighted by molar-refractivity contribution is 5.81. The summed E-state index contributed by atoms with van der Waals surface area (Å²) in [5, 5.41) is 0. The predicted octanol–water partition coefficient (Wildman–Crippen LogP) is 6.61. The van der Waals surface area contributed by atoms with Crippen LogP contribution in [0.5, 0.6) is 0 Å². The summed E-state index contributed by atoms with van der Waals surface area (Å²) in [5.74, 6) is 0. The molecule has 0 bridgehead atoms. The van der Waals surface area contributed by atoms with Crippen LogP contribution < -0.4 is 4.90 Å². The van der Waals surface area contributed by atoms with Crippen molar-refractivity contribution in [3.63, 3.8) is 0 Å². The molecule has 1 saturated carbocycles. The van der Waals surface area contributed by atoms with Gasteiger partial charge in [0.2, 0.25) is 0 Å². The summed E-state index contributed by atoms with van der Waals surface area (Å²) in [5.41, 5.74) is 8.65. The highest BCUT2D eigenvalue weighted by Gasteiger charge is 2.45. The van der Waals surface area contributed by atoms with Crippen LogP contribution in [0.2, 0.25) is 0 Å². The van der Waals surface area contributed by atoms with Gasteiger partial charge in [-0.25, -0.2) is 0 Å². The number of anilines is 1. The molecule has 2 aromatic rings. The fourth-order valence-corrected chi connectivity index (χ4v) is 5.30. The molecule has 0 saturated heterocycles. The Labute approximate surface area is 158 Å². The predicted molar refractivity (Wildman–Crippen MR) is 113 cm³/mol. The van der Waals surface area contributed by atoms with E-state index in [9.17, 15) is 0 Å². The Morgan fingerprint density at radius 1 is 0.885 bits per heavy atom. The van der Waals surface area contributed by atoms with Gasteiger partial charge in [0.15, 0.2) is 0 Å². The van der Waals surface area contributed by atoms with Crippen molar-refractivity contribution in [2.45, 2.75) is 71.4 Å². The van der Waals surface area contributed by atoms with Gasteiger partial charge >= 0.3 is 0 Å². The summed E-state index contributed by atoms with van der Waals surface area (Å²) < 4.78 is 0. The molecule has 1 spiro atoms. The molecule has 1 heterocycles. The van der Waals surface area contributed by atoms with E-state index in [4.69, 9.17) is 0 Å². The summed E-state index contributed by atoms with van der Waals surface area (Å²) in [6, 6.07) is 16.4. The molecule has 1 unspecified atom stereocenters. The number of hydrogen-bond donors (Lipinski definition) is 0. The van der Waals surface area contributed by atoms with Crippen LogP contribution in [0.1, 0.15) is 61.3 Å². The first-order chi connectivity index (χ1) is 12.5. The molecular weight excluding hydrogens is 314 g/mol. The van der Waals surface area contributed by atoms with Crippen LogP contribution in [0.15, 0.2) is 48.5 Å². The zero-order valence-electron chi connectivity index (χ0n) is 16.7. The van der Waals surface area contributed by atoms with E-state index in [1.807, 2.05) is 0 Å². The van der Waals surface area contributed by atoms with E-state index in [0.29, 0.717) is 6.04 Å². The average molecular weight is 346 g/mol. The van der Waals surface area contributed by atoms with Crippen LogP contribution in [0.25, 0.3) is 5.57 Å². The summed E-state index contributed by atoms with van der Waals surface area (Å²) in [4.78, 5) is 2.74. The molecule has 0 amide bonds.